The Morgan fingerprint density at radius 3 is 2.43 bits per heavy atom. The molecular weight excluding hydrogens is 463 g/mol. The summed E-state index contributed by atoms with van der Waals surface area (Å²) in [5.74, 6) is 1.14. The Bertz CT molecular complexity index is 1310. The molecule has 8 heteroatoms. The van der Waals surface area contributed by atoms with Gasteiger partial charge in [-0.2, -0.15) is 0 Å². The fourth-order valence-electron chi connectivity index (χ4n) is 3.70. The van der Waals surface area contributed by atoms with Crippen molar-refractivity contribution in [1.29, 1.82) is 0 Å². The lowest BCUT2D eigenvalue weighted by Crippen LogP contribution is -2.31. The quantitative estimate of drug-likeness (QED) is 0.297. The minimum absolute atomic E-state index is 0.0656. The van der Waals surface area contributed by atoms with Crippen molar-refractivity contribution in [2.75, 3.05) is 19.9 Å². The van der Waals surface area contributed by atoms with Gasteiger partial charge in [-0.25, -0.2) is 4.39 Å². The largest absolute Gasteiger partial charge is 0.496 e. The normalized spacial score (nSPS) is 11.8. The number of carbonyl (C=O) groups is 1. The molecule has 4 rings (SSSR count). The van der Waals surface area contributed by atoms with Gasteiger partial charge >= 0.3 is 0 Å². The first-order valence-electron chi connectivity index (χ1n) is 11.2. The Kier molecular flexibility index (Phi) is 7.51. The molecule has 0 aliphatic heterocycles. The number of carbonyl (C=O) groups excluding carboxylic acids is 1. The zero-order valence-corrected chi connectivity index (χ0v) is 20.9. The van der Waals surface area contributed by atoms with Crippen LogP contribution in [-0.4, -0.2) is 45.5 Å². The number of thioether (sulfide) groups is 1. The third kappa shape index (κ3) is 5.38. The number of hydrogen-bond acceptors (Lipinski definition) is 5. The van der Waals surface area contributed by atoms with Crippen molar-refractivity contribution < 1.29 is 13.9 Å². The van der Waals surface area contributed by atoms with E-state index in [0.717, 1.165) is 22.4 Å². The topological polar surface area (TPSA) is 60.3 Å². The first-order valence-corrected chi connectivity index (χ1v) is 12.2. The number of aromatic nitrogens is 3. The van der Waals surface area contributed by atoms with Gasteiger partial charge in [0.2, 0.25) is 5.91 Å². The number of amides is 1. The number of benzene rings is 3. The summed E-state index contributed by atoms with van der Waals surface area (Å²) in [5.41, 5.74) is 3.71. The van der Waals surface area contributed by atoms with Crippen molar-refractivity contribution >= 4 is 17.7 Å². The zero-order valence-electron chi connectivity index (χ0n) is 20.1. The van der Waals surface area contributed by atoms with E-state index in [4.69, 9.17) is 4.74 Å². The monoisotopic (exact) mass is 490 g/mol. The molecular formula is C27H27FN4O2S. The van der Waals surface area contributed by atoms with Crippen LogP contribution in [0.1, 0.15) is 24.1 Å². The number of nitrogens with zero attached hydrogens (tertiary/aromatic N) is 4. The molecule has 0 aliphatic rings. The number of aryl methyl sites for hydroxylation is 1. The summed E-state index contributed by atoms with van der Waals surface area (Å²) < 4.78 is 20.8. The van der Waals surface area contributed by atoms with Crippen molar-refractivity contribution in [3.05, 3.63) is 89.7 Å². The number of hydrogen-bond donors (Lipinski definition) is 0. The van der Waals surface area contributed by atoms with Crippen molar-refractivity contribution in [3.8, 4) is 22.8 Å². The van der Waals surface area contributed by atoms with E-state index in [9.17, 15) is 9.18 Å². The summed E-state index contributed by atoms with van der Waals surface area (Å²) >= 11 is 1.32. The molecule has 0 radical (unpaired) electrons. The van der Waals surface area contributed by atoms with E-state index < -0.39 is 0 Å². The van der Waals surface area contributed by atoms with Gasteiger partial charge in [-0.05, 0) is 55.8 Å². The predicted molar refractivity (Wildman–Crippen MR) is 136 cm³/mol. The highest BCUT2D eigenvalue weighted by Crippen LogP contribution is 2.33. The molecule has 0 bridgehead atoms. The average molecular weight is 491 g/mol. The molecule has 0 N–H and O–H groups in total. The molecule has 1 amide bonds. The molecule has 0 spiro atoms. The second kappa shape index (κ2) is 10.7. The van der Waals surface area contributed by atoms with Crippen molar-refractivity contribution in [3.63, 3.8) is 0 Å². The maximum Gasteiger partial charge on any atom is 0.233 e. The van der Waals surface area contributed by atoms with E-state index in [1.807, 2.05) is 66.9 Å². The Labute approximate surface area is 208 Å². The number of para-hydroxylation sites is 1. The molecule has 1 atom stereocenters. The van der Waals surface area contributed by atoms with Gasteiger partial charge in [-0.15, -0.1) is 10.2 Å². The molecule has 3 aromatic carbocycles. The number of halogens is 1. The third-order valence-electron chi connectivity index (χ3n) is 5.92. The summed E-state index contributed by atoms with van der Waals surface area (Å²) in [6, 6.07) is 21.7. The number of methoxy groups -OCH3 is 1. The van der Waals surface area contributed by atoms with Gasteiger partial charge < -0.3 is 9.64 Å². The van der Waals surface area contributed by atoms with E-state index in [-0.39, 0.29) is 23.5 Å². The van der Waals surface area contributed by atoms with Crippen LogP contribution >= 0.6 is 11.8 Å². The van der Waals surface area contributed by atoms with Gasteiger partial charge in [0.25, 0.3) is 0 Å². The van der Waals surface area contributed by atoms with Crippen LogP contribution in [-0.2, 0) is 4.79 Å². The lowest BCUT2D eigenvalue weighted by molar-refractivity contribution is -0.128. The van der Waals surface area contributed by atoms with Crippen LogP contribution in [0.4, 0.5) is 4.39 Å². The second-order valence-corrected chi connectivity index (χ2v) is 9.14. The van der Waals surface area contributed by atoms with Crippen LogP contribution in [0.3, 0.4) is 0 Å². The van der Waals surface area contributed by atoms with Gasteiger partial charge in [0.05, 0.1) is 24.5 Å². The summed E-state index contributed by atoms with van der Waals surface area (Å²) in [6.45, 7) is 3.95. The summed E-state index contributed by atoms with van der Waals surface area (Å²) in [6.07, 6.45) is 0. The van der Waals surface area contributed by atoms with Crippen LogP contribution in [0.5, 0.6) is 5.75 Å². The minimum atomic E-state index is -0.299. The van der Waals surface area contributed by atoms with E-state index in [1.54, 1.807) is 31.2 Å². The summed E-state index contributed by atoms with van der Waals surface area (Å²) in [7, 11) is 3.37. The Morgan fingerprint density at radius 2 is 1.74 bits per heavy atom. The van der Waals surface area contributed by atoms with Crippen LogP contribution in [0.15, 0.2) is 78.0 Å². The molecule has 1 heterocycles. The highest BCUT2D eigenvalue weighted by Gasteiger charge is 2.22. The van der Waals surface area contributed by atoms with Gasteiger partial charge in [0.15, 0.2) is 11.0 Å². The third-order valence-corrected chi connectivity index (χ3v) is 6.84. The van der Waals surface area contributed by atoms with Gasteiger partial charge in [0, 0.05) is 12.7 Å². The van der Waals surface area contributed by atoms with Crippen molar-refractivity contribution in [2.45, 2.75) is 25.0 Å². The molecule has 0 fully saturated rings. The SMILES string of the molecule is COc1ccccc1-c1nnc(SCC(=O)N(C)C(C)c2ccc(F)cc2)n1-c1ccc(C)cc1. The van der Waals surface area contributed by atoms with Crippen LogP contribution in [0.25, 0.3) is 17.1 Å². The maximum absolute atomic E-state index is 13.3. The molecule has 4 aromatic rings. The Hall–Kier alpha value is -3.65. The van der Waals surface area contributed by atoms with Crippen LogP contribution < -0.4 is 4.74 Å². The summed E-state index contributed by atoms with van der Waals surface area (Å²) in [4.78, 5) is 14.7. The molecule has 0 saturated carbocycles. The zero-order chi connectivity index (χ0) is 24.9. The van der Waals surface area contributed by atoms with Crippen molar-refractivity contribution in [1.82, 2.24) is 19.7 Å². The molecule has 0 saturated heterocycles. The van der Waals surface area contributed by atoms with Gasteiger partial charge in [0.1, 0.15) is 11.6 Å². The number of ether oxygens (including phenoxy) is 1. The van der Waals surface area contributed by atoms with Gasteiger partial charge in [-0.1, -0.05) is 53.7 Å². The fraction of sp³-hybridized carbons (Fsp3) is 0.222. The lowest BCUT2D eigenvalue weighted by Gasteiger charge is -2.25. The molecule has 180 valence electrons. The lowest BCUT2D eigenvalue weighted by atomic mass is 10.1. The van der Waals surface area contributed by atoms with E-state index in [1.165, 1.54) is 23.9 Å². The first kappa shape index (κ1) is 24.5. The minimum Gasteiger partial charge on any atom is -0.496 e. The first-order chi connectivity index (χ1) is 16.9. The smallest absolute Gasteiger partial charge is 0.233 e. The highest BCUT2D eigenvalue weighted by atomic mass is 32.2. The predicted octanol–water partition coefficient (Wildman–Crippen LogP) is 5.70. The summed E-state index contributed by atoms with van der Waals surface area (Å²) in [5, 5.41) is 9.48. The fourth-order valence-corrected chi connectivity index (χ4v) is 4.58. The average Bonchev–Trinajstić information content (AvgIpc) is 3.31. The Balaban J connectivity index is 1.61. The molecule has 1 aromatic heterocycles. The van der Waals surface area contributed by atoms with Crippen molar-refractivity contribution in [2.24, 2.45) is 0 Å². The maximum atomic E-state index is 13.3. The van der Waals surface area contributed by atoms with E-state index >= 15 is 0 Å². The Morgan fingerprint density at radius 1 is 1.06 bits per heavy atom. The molecule has 0 aliphatic carbocycles. The molecule has 35 heavy (non-hydrogen) atoms. The number of rotatable bonds is 8. The highest BCUT2D eigenvalue weighted by molar-refractivity contribution is 7.99. The van der Waals surface area contributed by atoms with E-state index in [0.29, 0.717) is 16.7 Å². The molecule has 1 unspecified atom stereocenters. The van der Waals surface area contributed by atoms with E-state index in [2.05, 4.69) is 10.2 Å². The van der Waals surface area contributed by atoms with Crippen LogP contribution in [0, 0.1) is 12.7 Å². The standard InChI is InChI=1S/C27H27FN4O2S/c1-18-9-15-22(16-10-18)32-26(23-7-5-6-8-24(23)34-4)29-30-27(32)35-17-25(33)31(3)19(2)20-11-13-21(28)14-12-20/h5-16,19H,17H2,1-4H3. The second-order valence-electron chi connectivity index (χ2n) is 8.20. The van der Waals surface area contributed by atoms with Gasteiger partial charge in [-0.3, -0.25) is 9.36 Å². The van der Waals surface area contributed by atoms with Crippen LogP contribution in [0.2, 0.25) is 0 Å². The molecule has 6 nitrogen and oxygen atoms in total.